The van der Waals surface area contributed by atoms with Gasteiger partial charge in [-0.1, -0.05) is 6.92 Å². The second-order valence-electron chi connectivity index (χ2n) is 5.25. The number of rotatable bonds is 6. The van der Waals surface area contributed by atoms with Crippen LogP contribution in [0.3, 0.4) is 0 Å². The van der Waals surface area contributed by atoms with Gasteiger partial charge in [-0.05, 0) is 26.5 Å². The summed E-state index contributed by atoms with van der Waals surface area (Å²) in [5.41, 5.74) is 1.01. The van der Waals surface area contributed by atoms with Crippen molar-refractivity contribution in [1.29, 1.82) is 0 Å². The molecular weight excluding hydrogens is 306 g/mol. The van der Waals surface area contributed by atoms with Crippen molar-refractivity contribution in [3.8, 4) is 0 Å². The van der Waals surface area contributed by atoms with E-state index >= 15 is 0 Å². The maximum absolute atomic E-state index is 12.8. The SMILES string of the molecule is CCC1CN(S(=O)(=O)c2cc(CNC)n(CC)c2)CCS1. The summed E-state index contributed by atoms with van der Waals surface area (Å²) in [6.45, 7) is 6.84. The number of thioether (sulfide) groups is 1. The molecule has 21 heavy (non-hydrogen) atoms. The van der Waals surface area contributed by atoms with Crippen molar-refractivity contribution >= 4 is 21.8 Å². The van der Waals surface area contributed by atoms with Crippen LogP contribution in [0.2, 0.25) is 0 Å². The molecule has 1 unspecified atom stereocenters. The quantitative estimate of drug-likeness (QED) is 0.863. The van der Waals surface area contributed by atoms with Gasteiger partial charge in [-0.3, -0.25) is 0 Å². The molecule has 1 atom stereocenters. The molecule has 1 aromatic rings. The van der Waals surface area contributed by atoms with Gasteiger partial charge in [0.25, 0.3) is 0 Å². The molecule has 5 nitrogen and oxygen atoms in total. The maximum atomic E-state index is 12.8. The normalized spacial score (nSPS) is 20.8. The number of nitrogens with one attached hydrogen (secondary N) is 1. The lowest BCUT2D eigenvalue weighted by molar-refractivity contribution is 0.416. The van der Waals surface area contributed by atoms with Gasteiger partial charge >= 0.3 is 0 Å². The lowest BCUT2D eigenvalue weighted by Gasteiger charge is -2.30. The molecule has 0 spiro atoms. The second-order valence-corrected chi connectivity index (χ2v) is 8.59. The first-order chi connectivity index (χ1) is 10.0. The molecule has 0 bridgehead atoms. The van der Waals surface area contributed by atoms with Crippen molar-refractivity contribution < 1.29 is 8.42 Å². The first-order valence-corrected chi connectivity index (χ1v) is 9.97. The molecule has 0 radical (unpaired) electrons. The van der Waals surface area contributed by atoms with E-state index in [1.165, 1.54) is 0 Å². The van der Waals surface area contributed by atoms with E-state index in [1.54, 1.807) is 16.6 Å². The highest BCUT2D eigenvalue weighted by atomic mass is 32.2. The van der Waals surface area contributed by atoms with Crippen LogP contribution < -0.4 is 5.32 Å². The molecule has 1 aliphatic rings. The van der Waals surface area contributed by atoms with E-state index in [2.05, 4.69) is 12.2 Å². The van der Waals surface area contributed by atoms with E-state index < -0.39 is 10.0 Å². The third-order valence-corrected chi connectivity index (χ3v) is 7.06. The van der Waals surface area contributed by atoms with Gasteiger partial charge in [0.1, 0.15) is 4.90 Å². The van der Waals surface area contributed by atoms with Crippen molar-refractivity contribution in [2.45, 2.75) is 43.5 Å². The van der Waals surface area contributed by atoms with Crippen LogP contribution in [-0.4, -0.2) is 48.4 Å². The van der Waals surface area contributed by atoms with Crippen LogP contribution in [-0.2, 0) is 23.1 Å². The smallest absolute Gasteiger partial charge is 0.244 e. The van der Waals surface area contributed by atoms with Crippen LogP contribution in [0.15, 0.2) is 17.2 Å². The molecule has 0 aromatic carbocycles. The Balaban J connectivity index is 2.26. The van der Waals surface area contributed by atoms with Gasteiger partial charge in [0, 0.05) is 49.1 Å². The molecule has 2 heterocycles. The Morgan fingerprint density at radius 1 is 1.43 bits per heavy atom. The zero-order valence-electron chi connectivity index (χ0n) is 13.0. The zero-order valence-corrected chi connectivity index (χ0v) is 14.6. The maximum Gasteiger partial charge on any atom is 0.244 e. The number of aryl methyl sites for hydroxylation is 1. The molecule has 7 heteroatoms. The first kappa shape index (κ1) is 16.9. The van der Waals surface area contributed by atoms with Crippen LogP contribution in [0.5, 0.6) is 0 Å². The van der Waals surface area contributed by atoms with E-state index in [4.69, 9.17) is 0 Å². The molecule has 120 valence electrons. The van der Waals surface area contributed by atoms with Crippen LogP contribution in [0.1, 0.15) is 26.0 Å². The molecule has 0 saturated carbocycles. The Hall–Kier alpha value is -0.500. The Labute approximate surface area is 132 Å². The van der Waals surface area contributed by atoms with Gasteiger partial charge in [0.05, 0.1) is 0 Å². The number of hydrogen-bond acceptors (Lipinski definition) is 4. The average molecular weight is 332 g/mol. The fourth-order valence-electron chi connectivity index (χ4n) is 2.60. The van der Waals surface area contributed by atoms with E-state index in [-0.39, 0.29) is 0 Å². The molecule has 1 saturated heterocycles. The molecule has 1 aliphatic heterocycles. The van der Waals surface area contributed by atoms with Crippen LogP contribution in [0, 0.1) is 0 Å². The fraction of sp³-hybridized carbons (Fsp3) is 0.714. The van der Waals surface area contributed by atoms with Crippen LogP contribution in [0.25, 0.3) is 0 Å². The lowest BCUT2D eigenvalue weighted by atomic mass is 10.3. The van der Waals surface area contributed by atoms with Gasteiger partial charge in [-0.2, -0.15) is 16.1 Å². The summed E-state index contributed by atoms with van der Waals surface area (Å²) in [7, 11) is -1.49. The monoisotopic (exact) mass is 331 g/mol. The summed E-state index contributed by atoms with van der Waals surface area (Å²) in [6, 6.07) is 1.80. The molecular formula is C14H25N3O2S2. The fourth-order valence-corrected chi connectivity index (χ4v) is 5.54. The van der Waals surface area contributed by atoms with Gasteiger partial charge in [-0.25, -0.2) is 8.42 Å². The molecule has 1 aromatic heterocycles. The minimum Gasteiger partial charge on any atom is -0.349 e. The van der Waals surface area contributed by atoms with E-state index in [0.717, 1.165) is 24.4 Å². The summed E-state index contributed by atoms with van der Waals surface area (Å²) < 4.78 is 29.3. The largest absolute Gasteiger partial charge is 0.349 e. The Bertz CT molecular complexity index is 569. The minimum absolute atomic E-state index is 0.415. The Kier molecular flexibility index (Phi) is 5.76. The third kappa shape index (κ3) is 3.64. The number of aromatic nitrogens is 1. The number of nitrogens with zero attached hydrogens (tertiary/aromatic N) is 2. The summed E-state index contributed by atoms with van der Waals surface area (Å²) in [4.78, 5) is 0.427. The average Bonchev–Trinajstić information content (AvgIpc) is 2.91. The molecule has 1 N–H and O–H groups in total. The second kappa shape index (κ2) is 7.17. The predicted octanol–water partition coefficient (Wildman–Crippen LogP) is 1.74. The molecule has 1 fully saturated rings. The third-order valence-electron chi connectivity index (χ3n) is 3.85. The van der Waals surface area contributed by atoms with Crippen molar-refractivity contribution in [3.63, 3.8) is 0 Å². The van der Waals surface area contributed by atoms with Crippen LogP contribution in [0.4, 0.5) is 0 Å². The summed E-state index contributed by atoms with van der Waals surface area (Å²) in [5.74, 6) is 0.885. The van der Waals surface area contributed by atoms with E-state index in [9.17, 15) is 8.42 Å². The van der Waals surface area contributed by atoms with E-state index in [0.29, 0.717) is 29.8 Å². The minimum atomic E-state index is -3.36. The number of hydrogen-bond donors (Lipinski definition) is 1. The van der Waals surface area contributed by atoms with Gasteiger partial charge in [-0.15, -0.1) is 0 Å². The highest BCUT2D eigenvalue weighted by Crippen LogP contribution is 2.27. The number of sulfonamides is 1. The van der Waals surface area contributed by atoms with Crippen LogP contribution >= 0.6 is 11.8 Å². The standard InChI is InChI=1S/C14H25N3O2S2/c1-4-13-10-17(6-7-20-13)21(18,19)14-8-12(9-15-3)16(5-2)11-14/h8,11,13,15H,4-7,9-10H2,1-3H3. The summed E-state index contributed by atoms with van der Waals surface area (Å²) >= 11 is 1.88. The summed E-state index contributed by atoms with van der Waals surface area (Å²) in [5, 5.41) is 3.50. The van der Waals surface area contributed by atoms with Crippen molar-refractivity contribution in [1.82, 2.24) is 14.2 Å². The highest BCUT2D eigenvalue weighted by molar-refractivity contribution is 8.00. The predicted molar refractivity (Wildman–Crippen MR) is 88.2 cm³/mol. The molecule has 2 rings (SSSR count). The molecule has 0 amide bonds. The van der Waals surface area contributed by atoms with Gasteiger partial charge in [0.2, 0.25) is 10.0 Å². The van der Waals surface area contributed by atoms with E-state index in [1.807, 2.05) is 30.3 Å². The molecule has 0 aliphatic carbocycles. The zero-order chi connectivity index (χ0) is 15.5. The highest BCUT2D eigenvalue weighted by Gasteiger charge is 2.31. The van der Waals surface area contributed by atoms with Gasteiger partial charge < -0.3 is 9.88 Å². The Morgan fingerprint density at radius 2 is 2.19 bits per heavy atom. The lowest BCUT2D eigenvalue weighted by Crippen LogP contribution is -2.41. The first-order valence-electron chi connectivity index (χ1n) is 7.48. The van der Waals surface area contributed by atoms with Crippen molar-refractivity contribution in [3.05, 3.63) is 18.0 Å². The van der Waals surface area contributed by atoms with Gasteiger partial charge in [0.15, 0.2) is 0 Å². The van der Waals surface area contributed by atoms with Crippen molar-refractivity contribution in [2.75, 3.05) is 25.9 Å². The van der Waals surface area contributed by atoms with Crippen molar-refractivity contribution in [2.24, 2.45) is 0 Å². The Morgan fingerprint density at radius 3 is 2.81 bits per heavy atom. The topological polar surface area (TPSA) is 54.3 Å². The summed E-state index contributed by atoms with van der Waals surface area (Å²) in [6.07, 6.45) is 2.78.